The van der Waals surface area contributed by atoms with Crippen LogP contribution in [-0.4, -0.2) is 35.3 Å². The average molecular weight is 442 g/mol. The fraction of sp³-hybridized carbons (Fsp3) is 0.348. The Hall–Kier alpha value is -2.90. The van der Waals surface area contributed by atoms with Crippen molar-refractivity contribution in [2.24, 2.45) is 5.92 Å². The molecule has 0 spiro atoms. The second kappa shape index (κ2) is 9.49. The van der Waals surface area contributed by atoms with Crippen LogP contribution in [0.2, 0.25) is 5.02 Å². The van der Waals surface area contributed by atoms with Crippen molar-refractivity contribution in [2.75, 3.05) is 13.1 Å². The zero-order chi connectivity index (χ0) is 21.8. The van der Waals surface area contributed by atoms with Crippen LogP contribution in [0, 0.1) is 5.92 Å². The number of nitrogens with zero attached hydrogens (tertiary/aromatic N) is 2. The van der Waals surface area contributed by atoms with Crippen LogP contribution >= 0.6 is 11.6 Å². The van der Waals surface area contributed by atoms with Gasteiger partial charge in [-0.1, -0.05) is 28.9 Å². The summed E-state index contributed by atoms with van der Waals surface area (Å²) in [5.74, 6) is 1.25. The fourth-order valence-electron chi connectivity index (χ4n) is 3.32. The maximum atomic E-state index is 12.0. The normalized spacial score (nSPS) is 15.9. The largest absolute Gasteiger partial charge is 0.489 e. The topological polar surface area (TPSA) is 86.5 Å². The zero-order valence-electron chi connectivity index (χ0n) is 17.4. The molecule has 1 saturated heterocycles. The highest BCUT2D eigenvalue weighted by molar-refractivity contribution is 6.32. The molecule has 2 heterocycles. The SMILES string of the molecule is CC(C)Oc1ccc(-c2noc(-c3ccc(COC(=O)C4CCNC4)cc3)n2)cc1Cl. The molecule has 1 aliphatic heterocycles. The molecular weight excluding hydrogens is 418 g/mol. The molecular formula is C23H24ClN3O4. The molecule has 0 amide bonds. The molecule has 4 rings (SSSR count). The highest BCUT2D eigenvalue weighted by Crippen LogP contribution is 2.31. The molecule has 1 atom stereocenters. The Morgan fingerprint density at radius 3 is 2.68 bits per heavy atom. The van der Waals surface area contributed by atoms with Crippen LogP contribution in [0.15, 0.2) is 47.0 Å². The first kappa shape index (κ1) is 21.3. The Morgan fingerprint density at radius 1 is 1.23 bits per heavy atom. The van der Waals surface area contributed by atoms with Crippen LogP contribution in [0.4, 0.5) is 0 Å². The number of carbonyl (C=O) groups is 1. The van der Waals surface area contributed by atoms with Crippen LogP contribution in [0.5, 0.6) is 5.75 Å². The average Bonchev–Trinajstić information content (AvgIpc) is 3.46. The third kappa shape index (κ3) is 5.24. The second-order valence-corrected chi connectivity index (χ2v) is 8.14. The molecule has 3 aromatic rings. The van der Waals surface area contributed by atoms with Gasteiger partial charge in [0.2, 0.25) is 5.82 Å². The zero-order valence-corrected chi connectivity index (χ0v) is 18.2. The molecule has 1 aliphatic rings. The molecule has 162 valence electrons. The van der Waals surface area contributed by atoms with Gasteiger partial charge in [-0.15, -0.1) is 0 Å². The predicted molar refractivity (Wildman–Crippen MR) is 117 cm³/mol. The number of esters is 1. The summed E-state index contributed by atoms with van der Waals surface area (Å²) in [5, 5.41) is 7.72. The van der Waals surface area contributed by atoms with Gasteiger partial charge in [-0.2, -0.15) is 4.98 Å². The Morgan fingerprint density at radius 2 is 2.00 bits per heavy atom. The summed E-state index contributed by atoms with van der Waals surface area (Å²) < 4.78 is 16.5. The summed E-state index contributed by atoms with van der Waals surface area (Å²) in [7, 11) is 0. The van der Waals surface area contributed by atoms with Crippen LogP contribution in [-0.2, 0) is 16.1 Å². The first-order valence-corrected chi connectivity index (χ1v) is 10.6. The van der Waals surface area contributed by atoms with E-state index in [0.29, 0.717) is 29.0 Å². The molecule has 1 unspecified atom stereocenters. The molecule has 1 N–H and O–H groups in total. The molecule has 7 nitrogen and oxygen atoms in total. The number of nitrogens with one attached hydrogen (secondary N) is 1. The molecule has 8 heteroatoms. The van der Waals surface area contributed by atoms with Crippen molar-refractivity contribution in [3.63, 3.8) is 0 Å². The van der Waals surface area contributed by atoms with Crippen molar-refractivity contribution in [1.29, 1.82) is 0 Å². The maximum absolute atomic E-state index is 12.0. The standard InChI is InChI=1S/C23H24ClN3O4/c1-14(2)30-20-8-7-17(11-19(20)24)21-26-22(31-27-21)16-5-3-15(4-6-16)13-29-23(28)18-9-10-25-12-18/h3-8,11,14,18,25H,9-10,12-13H2,1-2H3. The van der Waals surface area contributed by atoms with Gasteiger partial charge in [-0.3, -0.25) is 4.79 Å². The smallest absolute Gasteiger partial charge is 0.310 e. The van der Waals surface area contributed by atoms with Crippen molar-refractivity contribution in [2.45, 2.75) is 33.0 Å². The monoisotopic (exact) mass is 441 g/mol. The Balaban J connectivity index is 1.40. The number of halogens is 1. The number of hydrogen-bond donors (Lipinski definition) is 1. The minimum atomic E-state index is -0.154. The molecule has 1 fully saturated rings. The van der Waals surface area contributed by atoms with E-state index in [2.05, 4.69) is 15.5 Å². The van der Waals surface area contributed by atoms with E-state index in [-0.39, 0.29) is 24.6 Å². The van der Waals surface area contributed by atoms with E-state index >= 15 is 0 Å². The lowest BCUT2D eigenvalue weighted by molar-refractivity contribution is -0.149. The molecule has 1 aromatic heterocycles. The first-order chi connectivity index (χ1) is 15.0. The first-order valence-electron chi connectivity index (χ1n) is 10.3. The van der Waals surface area contributed by atoms with Gasteiger partial charge in [0, 0.05) is 17.7 Å². The van der Waals surface area contributed by atoms with Crippen LogP contribution in [0.1, 0.15) is 25.8 Å². The molecule has 0 radical (unpaired) electrons. The number of hydrogen-bond acceptors (Lipinski definition) is 7. The maximum Gasteiger partial charge on any atom is 0.310 e. The summed E-state index contributed by atoms with van der Waals surface area (Å²) in [6.07, 6.45) is 0.863. The number of aromatic nitrogens is 2. The summed E-state index contributed by atoms with van der Waals surface area (Å²) in [6, 6.07) is 12.9. The van der Waals surface area contributed by atoms with E-state index in [1.54, 1.807) is 12.1 Å². The minimum absolute atomic E-state index is 0.0336. The van der Waals surface area contributed by atoms with E-state index in [1.165, 1.54) is 0 Å². The van der Waals surface area contributed by atoms with Crippen molar-refractivity contribution in [1.82, 2.24) is 15.5 Å². The Labute approximate surface area is 185 Å². The molecule has 0 aliphatic carbocycles. The third-order valence-corrected chi connectivity index (χ3v) is 5.25. The quantitative estimate of drug-likeness (QED) is 0.540. The molecule has 2 aromatic carbocycles. The number of carbonyl (C=O) groups excluding carboxylic acids is 1. The van der Waals surface area contributed by atoms with E-state index in [1.807, 2.05) is 44.2 Å². The van der Waals surface area contributed by atoms with Gasteiger partial charge >= 0.3 is 5.97 Å². The van der Waals surface area contributed by atoms with Gasteiger partial charge < -0.3 is 19.3 Å². The van der Waals surface area contributed by atoms with Crippen molar-refractivity contribution < 1.29 is 18.8 Å². The van der Waals surface area contributed by atoms with E-state index < -0.39 is 0 Å². The lowest BCUT2D eigenvalue weighted by Gasteiger charge is -2.11. The number of ether oxygens (including phenoxy) is 2. The van der Waals surface area contributed by atoms with Gasteiger partial charge in [-0.25, -0.2) is 0 Å². The van der Waals surface area contributed by atoms with E-state index in [9.17, 15) is 4.79 Å². The summed E-state index contributed by atoms with van der Waals surface area (Å²) in [4.78, 5) is 16.5. The van der Waals surface area contributed by atoms with Crippen LogP contribution < -0.4 is 10.1 Å². The third-order valence-electron chi connectivity index (χ3n) is 4.95. The van der Waals surface area contributed by atoms with E-state index in [4.69, 9.17) is 25.6 Å². The minimum Gasteiger partial charge on any atom is -0.489 e. The summed E-state index contributed by atoms with van der Waals surface area (Å²) in [5.41, 5.74) is 2.41. The Bertz CT molecular complexity index is 1040. The van der Waals surface area contributed by atoms with Crippen LogP contribution in [0.3, 0.4) is 0 Å². The van der Waals surface area contributed by atoms with Crippen LogP contribution in [0.25, 0.3) is 22.8 Å². The molecule has 0 saturated carbocycles. The lowest BCUT2D eigenvalue weighted by Crippen LogP contribution is -2.20. The lowest BCUT2D eigenvalue weighted by atomic mass is 10.1. The van der Waals surface area contributed by atoms with Gasteiger partial charge in [0.1, 0.15) is 12.4 Å². The molecule has 31 heavy (non-hydrogen) atoms. The van der Waals surface area contributed by atoms with Crippen molar-refractivity contribution in [3.8, 4) is 28.6 Å². The van der Waals surface area contributed by atoms with Gasteiger partial charge in [-0.05, 0) is 62.7 Å². The second-order valence-electron chi connectivity index (χ2n) is 7.73. The predicted octanol–water partition coefficient (Wildman–Crippen LogP) is 4.50. The highest BCUT2D eigenvalue weighted by atomic mass is 35.5. The van der Waals surface area contributed by atoms with Gasteiger partial charge in [0.25, 0.3) is 5.89 Å². The van der Waals surface area contributed by atoms with Gasteiger partial charge in [0.15, 0.2) is 0 Å². The van der Waals surface area contributed by atoms with Crippen molar-refractivity contribution >= 4 is 17.6 Å². The van der Waals surface area contributed by atoms with Gasteiger partial charge in [0.05, 0.1) is 17.0 Å². The number of benzene rings is 2. The fourth-order valence-corrected chi connectivity index (χ4v) is 3.54. The van der Waals surface area contributed by atoms with E-state index in [0.717, 1.165) is 29.7 Å². The highest BCUT2D eigenvalue weighted by Gasteiger charge is 2.23. The van der Waals surface area contributed by atoms with Crippen molar-refractivity contribution in [3.05, 3.63) is 53.1 Å². The summed E-state index contributed by atoms with van der Waals surface area (Å²) >= 11 is 6.31. The summed E-state index contributed by atoms with van der Waals surface area (Å²) in [6.45, 7) is 5.68. The Kier molecular flexibility index (Phi) is 6.53. The number of rotatable bonds is 7. The molecule has 0 bridgehead atoms.